The number of hydrogen-bond acceptors (Lipinski definition) is 3. The summed E-state index contributed by atoms with van der Waals surface area (Å²) in [7, 11) is 0. The van der Waals surface area contributed by atoms with Crippen molar-refractivity contribution in [3.8, 4) is 5.69 Å². The third-order valence-corrected chi connectivity index (χ3v) is 4.92. The molecular weight excluding hydrogens is 336 g/mol. The van der Waals surface area contributed by atoms with Gasteiger partial charge >= 0.3 is 0 Å². The first-order valence-corrected chi connectivity index (χ1v) is 9.15. The molecule has 0 spiro atoms. The Labute approximate surface area is 158 Å². The zero-order chi connectivity index (χ0) is 18.8. The van der Waals surface area contributed by atoms with Crippen LogP contribution in [0.1, 0.15) is 40.7 Å². The van der Waals surface area contributed by atoms with E-state index in [2.05, 4.69) is 27.4 Å². The Bertz CT molecular complexity index is 1020. The monoisotopic (exact) mass is 358 g/mol. The number of rotatable bonds is 4. The minimum atomic E-state index is -0.0922. The van der Waals surface area contributed by atoms with Gasteiger partial charge in [-0.05, 0) is 56.0 Å². The molecule has 0 saturated carbocycles. The van der Waals surface area contributed by atoms with E-state index in [-0.39, 0.29) is 11.9 Å². The maximum Gasteiger partial charge on any atom is 0.244 e. The predicted octanol–water partition coefficient (Wildman–Crippen LogP) is 3.70. The number of aryl methyl sites for hydroxylation is 3. The highest BCUT2D eigenvalue weighted by molar-refractivity contribution is 5.91. The number of fused-ring (bicyclic) bond motifs is 1. The van der Waals surface area contributed by atoms with E-state index in [0.717, 1.165) is 35.6 Å². The van der Waals surface area contributed by atoms with Gasteiger partial charge in [0, 0.05) is 12.3 Å². The zero-order valence-corrected chi connectivity index (χ0v) is 15.5. The van der Waals surface area contributed by atoms with Crippen LogP contribution in [0.3, 0.4) is 0 Å². The molecule has 0 bridgehead atoms. The number of amides is 1. The molecule has 4 rings (SSSR count). The lowest BCUT2D eigenvalue weighted by Crippen LogP contribution is -2.25. The van der Waals surface area contributed by atoms with Crippen molar-refractivity contribution in [3.63, 3.8) is 0 Å². The summed E-state index contributed by atoms with van der Waals surface area (Å²) in [5, 5.41) is 3.09. The smallest absolute Gasteiger partial charge is 0.244 e. The molecule has 136 valence electrons. The van der Waals surface area contributed by atoms with E-state index >= 15 is 0 Å². The molecule has 1 aliphatic rings. The predicted molar refractivity (Wildman–Crippen MR) is 106 cm³/mol. The molecule has 1 aromatic carbocycles. The number of pyridine rings is 1. The van der Waals surface area contributed by atoms with Crippen LogP contribution >= 0.6 is 0 Å². The van der Waals surface area contributed by atoms with Crippen molar-refractivity contribution < 1.29 is 4.79 Å². The van der Waals surface area contributed by atoms with Gasteiger partial charge in [0.15, 0.2) is 0 Å². The van der Waals surface area contributed by atoms with Gasteiger partial charge in [-0.1, -0.05) is 24.3 Å². The van der Waals surface area contributed by atoms with E-state index in [1.54, 1.807) is 18.5 Å². The molecule has 0 radical (unpaired) electrons. The Morgan fingerprint density at radius 2 is 2.07 bits per heavy atom. The molecule has 5 heteroatoms. The van der Waals surface area contributed by atoms with Gasteiger partial charge in [0.25, 0.3) is 0 Å². The Kier molecular flexibility index (Phi) is 4.59. The van der Waals surface area contributed by atoms with Crippen LogP contribution in [0.4, 0.5) is 0 Å². The first kappa shape index (κ1) is 17.2. The largest absolute Gasteiger partial charge is 0.346 e. The maximum atomic E-state index is 12.3. The number of nitrogens with zero attached hydrogens (tertiary/aromatic N) is 3. The molecule has 1 atom stereocenters. The highest BCUT2D eigenvalue weighted by Gasteiger charge is 2.22. The second-order valence-corrected chi connectivity index (χ2v) is 6.89. The molecule has 1 amide bonds. The lowest BCUT2D eigenvalue weighted by atomic mass is 10.1. The highest BCUT2D eigenvalue weighted by atomic mass is 16.1. The number of carbonyl (C=O) groups excluding carboxylic acids is 1. The van der Waals surface area contributed by atoms with Crippen LogP contribution in [0.25, 0.3) is 11.8 Å². The van der Waals surface area contributed by atoms with Crippen molar-refractivity contribution in [3.05, 3.63) is 83.2 Å². The summed E-state index contributed by atoms with van der Waals surface area (Å²) in [4.78, 5) is 21.2. The van der Waals surface area contributed by atoms with Crippen molar-refractivity contribution in [2.75, 3.05) is 0 Å². The fraction of sp³-hybridized carbons (Fsp3) is 0.227. The SMILES string of the molecule is Cc1cn(-c2ccc(/C=C/C(=O)NC3CCc4ccccc43)nc2C)cn1. The van der Waals surface area contributed by atoms with Crippen molar-refractivity contribution in [1.82, 2.24) is 19.9 Å². The molecular formula is C22H22N4O. The number of imidazole rings is 1. The van der Waals surface area contributed by atoms with Gasteiger partial charge in [0.2, 0.25) is 5.91 Å². The Morgan fingerprint density at radius 1 is 1.22 bits per heavy atom. The van der Waals surface area contributed by atoms with Crippen LogP contribution in [-0.2, 0) is 11.2 Å². The van der Waals surface area contributed by atoms with E-state index in [0.29, 0.717) is 0 Å². The third-order valence-electron chi connectivity index (χ3n) is 4.92. The van der Waals surface area contributed by atoms with Gasteiger partial charge < -0.3 is 9.88 Å². The molecule has 1 N–H and O–H groups in total. The molecule has 0 saturated heterocycles. The number of carbonyl (C=O) groups is 1. The lowest BCUT2D eigenvalue weighted by Gasteiger charge is -2.12. The van der Waals surface area contributed by atoms with Gasteiger partial charge in [-0.3, -0.25) is 9.78 Å². The zero-order valence-electron chi connectivity index (χ0n) is 15.5. The van der Waals surface area contributed by atoms with E-state index in [1.807, 2.05) is 48.9 Å². The van der Waals surface area contributed by atoms with Crippen LogP contribution in [-0.4, -0.2) is 20.4 Å². The minimum Gasteiger partial charge on any atom is -0.346 e. The van der Waals surface area contributed by atoms with Crippen LogP contribution in [0.2, 0.25) is 0 Å². The van der Waals surface area contributed by atoms with Gasteiger partial charge in [0.05, 0.1) is 35.1 Å². The highest BCUT2D eigenvalue weighted by Crippen LogP contribution is 2.30. The number of nitrogens with one attached hydrogen (secondary N) is 1. The normalized spacial score (nSPS) is 15.9. The number of hydrogen-bond donors (Lipinski definition) is 1. The summed E-state index contributed by atoms with van der Waals surface area (Å²) in [5.74, 6) is -0.0922. The molecule has 27 heavy (non-hydrogen) atoms. The molecule has 2 aromatic heterocycles. The summed E-state index contributed by atoms with van der Waals surface area (Å²) in [6.07, 6.45) is 9.03. The average molecular weight is 358 g/mol. The summed E-state index contributed by atoms with van der Waals surface area (Å²) in [6.45, 7) is 3.91. The van der Waals surface area contributed by atoms with E-state index in [9.17, 15) is 4.79 Å². The van der Waals surface area contributed by atoms with Crippen molar-refractivity contribution >= 4 is 12.0 Å². The Hall–Kier alpha value is -3.21. The van der Waals surface area contributed by atoms with Crippen LogP contribution < -0.4 is 5.32 Å². The molecule has 1 unspecified atom stereocenters. The van der Waals surface area contributed by atoms with Gasteiger partial charge in [-0.15, -0.1) is 0 Å². The molecule has 1 aliphatic carbocycles. The summed E-state index contributed by atoms with van der Waals surface area (Å²) >= 11 is 0. The van der Waals surface area contributed by atoms with Gasteiger partial charge in [0.1, 0.15) is 0 Å². The first-order chi connectivity index (χ1) is 13.1. The summed E-state index contributed by atoms with van der Waals surface area (Å²) < 4.78 is 1.95. The minimum absolute atomic E-state index is 0.0922. The van der Waals surface area contributed by atoms with E-state index in [1.165, 1.54) is 11.1 Å². The number of aromatic nitrogens is 3. The molecule has 2 heterocycles. The molecule has 5 nitrogen and oxygen atoms in total. The Balaban J connectivity index is 1.44. The third kappa shape index (κ3) is 3.67. The van der Waals surface area contributed by atoms with Crippen molar-refractivity contribution in [2.45, 2.75) is 32.7 Å². The van der Waals surface area contributed by atoms with Crippen LogP contribution in [0, 0.1) is 13.8 Å². The molecule has 3 aromatic rings. The molecule has 0 fully saturated rings. The fourth-order valence-corrected chi connectivity index (χ4v) is 3.58. The van der Waals surface area contributed by atoms with E-state index in [4.69, 9.17) is 0 Å². The van der Waals surface area contributed by atoms with Crippen molar-refractivity contribution in [2.24, 2.45) is 0 Å². The standard InChI is InChI=1S/C22H22N4O/c1-15-13-26(14-23-15)21-11-8-18(24-16(21)2)9-12-22(27)25-20-10-7-17-5-3-4-6-19(17)20/h3-6,8-9,11-14,20H,7,10H2,1-2H3,(H,25,27)/b12-9+. The second-order valence-electron chi connectivity index (χ2n) is 6.89. The lowest BCUT2D eigenvalue weighted by molar-refractivity contribution is -0.117. The Morgan fingerprint density at radius 3 is 2.85 bits per heavy atom. The van der Waals surface area contributed by atoms with Gasteiger partial charge in [-0.2, -0.15) is 0 Å². The average Bonchev–Trinajstić information content (AvgIpc) is 3.27. The van der Waals surface area contributed by atoms with Crippen LogP contribution in [0.5, 0.6) is 0 Å². The first-order valence-electron chi connectivity index (χ1n) is 9.15. The molecule has 0 aliphatic heterocycles. The number of benzene rings is 1. The summed E-state index contributed by atoms with van der Waals surface area (Å²) in [6, 6.07) is 12.3. The quantitative estimate of drug-likeness (QED) is 0.724. The maximum absolute atomic E-state index is 12.3. The topological polar surface area (TPSA) is 59.8 Å². The van der Waals surface area contributed by atoms with Crippen molar-refractivity contribution in [1.29, 1.82) is 0 Å². The second kappa shape index (κ2) is 7.19. The van der Waals surface area contributed by atoms with E-state index < -0.39 is 0 Å². The van der Waals surface area contributed by atoms with Gasteiger partial charge in [-0.25, -0.2) is 4.98 Å². The fourth-order valence-electron chi connectivity index (χ4n) is 3.58. The summed E-state index contributed by atoms with van der Waals surface area (Å²) in [5.41, 5.74) is 6.15. The van der Waals surface area contributed by atoms with Crippen LogP contribution in [0.15, 0.2) is 55.0 Å².